The molecule has 2 aromatic heterocycles. The number of oxazole rings is 1. The van der Waals surface area contributed by atoms with Crippen molar-refractivity contribution in [1.29, 1.82) is 0 Å². The number of nitrogens with one attached hydrogen (secondary N) is 1. The van der Waals surface area contributed by atoms with Crippen molar-refractivity contribution in [2.24, 2.45) is 0 Å². The Kier molecular flexibility index (Phi) is 3.60. The monoisotopic (exact) mass is 273 g/mol. The maximum atomic E-state index is 5.58. The van der Waals surface area contributed by atoms with E-state index < -0.39 is 0 Å². The second-order valence-corrected chi connectivity index (χ2v) is 4.27. The van der Waals surface area contributed by atoms with E-state index in [1.54, 1.807) is 13.4 Å². The van der Waals surface area contributed by atoms with E-state index >= 15 is 0 Å². The average molecular weight is 273 g/mol. The van der Waals surface area contributed by atoms with Gasteiger partial charge in [-0.3, -0.25) is 0 Å². The van der Waals surface area contributed by atoms with Gasteiger partial charge in [0.2, 0.25) is 0 Å². The summed E-state index contributed by atoms with van der Waals surface area (Å²) in [6.45, 7) is 1.83. The van der Waals surface area contributed by atoms with Gasteiger partial charge in [-0.15, -0.1) is 10.2 Å². The summed E-state index contributed by atoms with van der Waals surface area (Å²) in [6, 6.07) is 8.11. The molecule has 7 heteroatoms. The van der Waals surface area contributed by atoms with Gasteiger partial charge in [-0.1, -0.05) is 12.1 Å². The summed E-state index contributed by atoms with van der Waals surface area (Å²) in [5.74, 6) is 0.810. The Balaban J connectivity index is 1.68. The molecule has 0 atom stereocenters. The van der Waals surface area contributed by atoms with Crippen LogP contribution in [-0.4, -0.2) is 33.5 Å². The summed E-state index contributed by atoms with van der Waals surface area (Å²) < 4.78 is 12.6. The van der Waals surface area contributed by atoms with Crippen molar-refractivity contribution in [3.05, 3.63) is 36.4 Å². The fourth-order valence-electron chi connectivity index (χ4n) is 1.89. The van der Waals surface area contributed by atoms with E-state index in [1.165, 1.54) is 0 Å². The van der Waals surface area contributed by atoms with Crippen LogP contribution < -0.4 is 5.32 Å². The molecular weight excluding hydrogens is 258 g/mol. The summed E-state index contributed by atoms with van der Waals surface area (Å²) in [6.07, 6.45) is 1.68. The highest BCUT2D eigenvalue weighted by molar-refractivity contribution is 5.74. The van der Waals surface area contributed by atoms with Gasteiger partial charge in [-0.25, -0.2) is 0 Å². The third kappa shape index (κ3) is 2.62. The van der Waals surface area contributed by atoms with Gasteiger partial charge in [0.1, 0.15) is 11.8 Å². The molecule has 1 N–H and O–H groups in total. The van der Waals surface area contributed by atoms with Gasteiger partial charge in [0, 0.05) is 13.7 Å². The van der Waals surface area contributed by atoms with Crippen molar-refractivity contribution >= 4 is 17.1 Å². The molecule has 7 nitrogen and oxygen atoms in total. The molecular formula is C13H15N5O2. The smallest absolute Gasteiger partial charge is 0.296 e. The van der Waals surface area contributed by atoms with Gasteiger partial charge < -0.3 is 19.0 Å². The number of anilines is 1. The molecule has 0 spiro atoms. The highest BCUT2D eigenvalue weighted by Crippen LogP contribution is 2.18. The lowest BCUT2D eigenvalue weighted by Gasteiger charge is -2.05. The quantitative estimate of drug-likeness (QED) is 0.736. The normalized spacial score (nSPS) is 11.1. The van der Waals surface area contributed by atoms with Crippen molar-refractivity contribution in [2.75, 3.05) is 19.0 Å². The Labute approximate surface area is 115 Å². The first kappa shape index (κ1) is 12.6. The van der Waals surface area contributed by atoms with E-state index in [-0.39, 0.29) is 0 Å². The molecule has 3 aromatic rings. The number of aromatic nitrogens is 4. The minimum absolute atomic E-state index is 0.479. The molecule has 2 heterocycles. The van der Waals surface area contributed by atoms with E-state index in [4.69, 9.17) is 9.15 Å². The zero-order valence-corrected chi connectivity index (χ0v) is 11.1. The summed E-state index contributed by atoms with van der Waals surface area (Å²) in [5.41, 5.74) is 1.59. The van der Waals surface area contributed by atoms with Crippen molar-refractivity contribution in [3.63, 3.8) is 0 Å². The van der Waals surface area contributed by atoms with E-state index in [9.17, 15) is 0 Å². The molecule has 1 aromatic carbocycles. The van der Waals surface area contributed by atoms with Crippen LogP contribution in [0.3, 0.4) is 0 Å². The van der Waals surface area contributed by atoms with E-state index in [0.29, 0.717) is 25.7 Å². The standard InChI is InChI=1S/C13H15N5O2/c1-19-7-6-18-9-15-17-12(18)8-14-13-16-10-4-2-3-5-11(10)20-13/h2-5,9H,6-8H2,1H3,(H,14,16). The van der Waals surface area contributed by atoms with Crippen LogP contribution in [-0.2, 0) is 17.8 Å². The first-order valence-electron chi connectivity index (χ1n) is 6.32. The fourth-order valence-corrected chi connectivity index (χ4v) is 1.89. The van der Waals surface area contributed by atoms with Gasteiger partial charge in [0.05, 0.1) is 13.2 Å². The molecule has 0 amide bonds. The molecule has 0 unspecified atom stereocenters. The first-order valence-corrected chi connectivity index (χ1v) is 6.32. The molecule has 20 heavy (non-hydrogen) atoms. The Morgan fingerprint density at radius 1 is 1.35 bits per heavy atom. The van der Waals surface area contributed by atoms with Crippen LogP contribution in [0.15, 0.2) is 35.0 Å². The maximum Gasteiger partial charge on any atom is 0.296 e. The Morgan fingerprint density at radius 3 is 3.10 bits per heavy atom. The van der Waals surface area contributed by atoms with Gasteiger partial charge >= 0.3 is 0 Å². The number of para-hydroxylation sites is 2. The van der Waals surface area contributed by atoms with Crippen LogP contribution in [0.25, 0.3) is 11.1 Å². The maximum absolute atomic E-state index is 5.58. The molecule has 0 aliphatic heterocycles. The molecule has 0 fully saturated rings. The van der Waals surface area contributed by atoms with E-state index in [0.717, 1.165) is 16.9 Å². The van der Waals surface area contributed by atoms with Crippen LogP contribution in [0.4, 0.5) is 6.01 Å². The highest BCUT2D eigenvalue weighted by atomic mass is 16.5. The molecule has 0 aliphatic rings. The second-order valence-electron chi connectivity index (χ2n) is 4.27. The van der Waals surface area contributed by atoms with E-state index in [1.807, 2.05) is 28.8 Å². The zero-order chi connectivity index (χ0) is 13.8. The predicted octanol–water partition coefficient (Wildman–Crippen LogP) is 1.68. The van der Waals surface area contributed by atoms with E-state index in [2.05, 4.69) is 20.5 Å². The largest absolute Gasteiger partial charge is 0.424 e. The summed E-state index contributed by atoms with van der Waals surface area (Å²) in [5, 5.41) is 11.1. The summed E-state index contributed by atoms with van der Waals surface area (Å²) in [7, 11) is 1.67. The Bertz CT molecular complexity index is 658. The Hall–Kier alpha value is -2.41. The van der Waals surface area contributed by atoms with Gasteiger partial charge in [0.15, 0.2) is 11.4 Å². The number of fused-ring (bicyclic) bond motifs is 1. The van der Waals surface area contributed by atoms with Crippen LogP contribution in [0, 0.1) is 0 Å². The molecule has 0 radical (unpaired) electrons. The lowest BCUT2D eigenvalue weighted by atomic mass is 10.3. The van der Waals surface area contributed by atoms with Crippen LogP contribution in [0.2, 0.25) is 0 Å². The number of benzene rings is 1. The minimum atomic E-state index is 0.479. The van der Waals surface area contributed by atoms with Crippen molar-refractivity contribution in [1.82, 2.24) is 19.7 Å². The zero-order valence-electron chi connectivity index (χ0n) is 11.1. The summed E-state index contributed by atoms with van der Waals surface area (Å²) >= 11 is 0. The molecule has 0 saturated carbocycles. The fraction of sp³-hybridized carbons (Fsp3) is 0.308. The third-order valence-corrected chi connectivity index (χ3v) is 2.92. The number of nitrogens with zero attached hydrogens (tertiary/aromatic N) is 4. The Morgan fingerprint density at radius 2 is 2.25 bits per heavy atom. The third-order valence-electron chi connectivity index (χ3n) is 2.92. The lowest BCUT2D eigenvalue weighted by molar-refractivity contribution is 0.186. The predicted molar refractivity (Wildman–Crippen MR) is 73.2 cm³/mol. The topological polar surface area (TPSA) is 78.0 Å². The van der Waals surface area contributed by atoms with Gasteiger partial charge in [-0.2, -0.15) is 4.98 Å². The van der Waals surface area contributed by atoms with Crippen LogP contribution in [0.1, 0.15) is 5.82 Å². The number of hydrogen-bond acceptors (Lipinski definition) is 6. The molecule has 3 rings (SSSR count). The highest BCUT2D eigenvalue weighted by Gasteiger charge is 2.07. The van der Waals surface area contributed by atoms with Gasteiger partial charge in [-0.05, 0) is 12.1 Å². The number of rotatable bonds is 6. The van der Waals surface area contributed by atoms with Gasteiger partial charge in [0.25, 0.3) is 6.01 Å². The minimum Gasteiger partial charge on any atom is -0.424 e. The van der Waals surface area contributed by atoms with Crippen LogP contribution >= 0.6 is 0 Å². The number of ether oxygens (including phenoxy) is 1. The first-order chi connectivity index (χ1) is 9.86. The summed E-state index contributed by atoms with van der Waals surface area (Å²) in [4.78, 5) is 4.34. The average Bonchev–Trinajstić information content (AvgIpc) is 3.08. The molecule has 0 aliphatic carbocycles. The second kappa shape index (κ2) is 5.70. The van der Waals surface area contributed by atoms with Crippen molar-refractivity contribution < 1.29 is 9.15 Å². The lowest BCUT2D eigenvalue weighted by Crippen LogP contribution is -2.11. The number of hydrogen-bond donors (Lipinski definition) is 1. The van der Waals surface area contributed by atoms with Crippen molar-refractivity contribution in [3.8, 4) is 0 Å². The van der Waals surface area contributed by atoms with Crippen LogP contribution in [0.5, 0.6) is 0 Å². The number of methoxy groups -OCH3 is 1. The van der Waals surface area contributed by atoms with Crippen molar-refractivity contribution in [2.45, 2.75) is 13.1 Å². The molecule has 0 saturated heterocycles. The SMILES string of the molecule is COCCn1cnnc1CNc1nc2ccccc2o1. The molecule has 0 bridgehead atoms. The molecule has 104 valence electrons.